The third-order valence-electron chi connectivity index (χ3n) is 2.31. The molecule has 2 rings (SSSR count). The average Bonchev–Trinajstić information content (AvgIpc) is 2.76. The van der Waals surface area contributed by atoms with Gasteiger partial charge in [-0.2, -0.15) is 5.10 Å². The van der Waals surface area contributed by atoms with Crippen LogP contribution in [0.1, 0.15) is 17.0 Å². The highest BCUT2D eigenvalue weighted by Gasteiger charge is 1.98. The van der Waals surface area contributed by atoms with Crippen molar-refractivity contribution in [1.29, 1.82) is 0 Å². The average molecular weight is 281 g/mol. The van der Waals surface area contributed by atoms with Gasteiger partial charge in [-0.25, -0.2) is 4.98 Å². The fraction of sp³-hybridized carbons (Fsp3) is 0.273. The van der Waals surface area contributed by atoms with Crippen LogP contribution in [0.25, 0.3) is 0 Å². The molecule has 1 aromatic carbocycles. The van der Waals surface area contributed by atoms with Gasteiger partial charge in [-0.3, -0.25) is 5.10 Å². The van der Waals surface area contributed by atoms with Gasteiger partial charge >= 0.3 is 0 Å². The summed E-state index contributed by atoms with van der Waals surface area (Å²) in [6.07, 6.45) is 1.51. The highest BCUT2D eigenvalue weighted by molar-refractivity contribution is 9.10. The van der Waals surface area contributed by atoms with Crippen molar-refractivity contribution in [3.8, 4) is 0 Å². The van der Waals surface area contributed by atoms with Gasteiger partial charge in [0.15, 0.2) is 0 Å². The molecule has 84 valence electrons. The minimum atomic E-state index is 0.703. The van der Waals surface area contributed by atoms with Gasteiger partial charge in [0, 0.05) is 11.0 Å². The fourth-order valence-electron chi connectivity index (χ4n) is 1.46. The molecule has 5 heteroatoms. The van der Waals surface area contributed by atoms with E-state index in [4.69, 9.17) is 0 Å². The molecule has 0 fully saturated rings. The quantitative estimate of drug-likeness (QED) is 0.903. The van der Waals surface area contributed by atoms with Crippen molar-refractivity contribution in [2.75, 3.05) is 0 Å². The summed E-state index contributed by atoms with van der Waals surface area (Å²) in [5.41, 5.74) is 2.51. The van der Waals surface area contributed by atoms with Crippen LogP contribution >= 0.6 is 15.9 Å². The van der Waals surface area contributed by atoms with E-state index in [0.29, 0.717) is 6.54 Å². The van der Waals surface area contributed by atoms with E-state index in [1.807, 2.05) is 0 Å². The summed E-state index contributed by atoms with van der Waals surface area (Å²) >= 11 is 3.49. The standard InChI is InChI=1S/C11H13BrN4/c1-8-4-9(2-3-10(8)12)5-13-6-11-14-7-15-16-11/h2-4,7,13H,5-6H2,1H3,(H,14,15,16). The third kappa shape index (κ3) is 2.90. The number of hydrogen-bond donors (Lipinski definition) is 2. The van der Waals surface area contributed by atoms with Crippen molar-refractivity contribution in [3.63, 3.8) is 0 Å². The lowest BCUT2D eigenvalue weighted by molar-refractivity contribution is 0.664. The molecule has 0 amide bonds. The predicted octanol–water partition coefficient (Wildman–Crippen LogP) is 2.17. The first-order chi connectivity index (χ1) is 7.75. The smallest absolute Gasteiger partial charge is 0.138 e. The zero-order valence-corrected chi connectivity index (χ0v) is 10.6. The number of aromatic amines is 1. The van der Waals surface area contributed by atoms with Crippen LogP contribution in [-0.4, -0.2) is 15.2 Å². The van der Waals surface area contributed by atoms with E-state index in [2.05, 4.69) is 61.6 Å². The van der Waals surface area contributed by atoms with Gasteiger partial charge in [-0.15, -0.1) is 0 Å². The van der Waals surface area contributed by atoms with Crippen molar-refractivity contribution in [3.05, 3.63) is 46.0 Å². The van der Waals surface area contributed by atoms with Crippen LogP contribution in [0.3, 0.4) is 0 Å². The van der Waals surface area contributed by atoms with E-state index in [1.165, 1.54) is 17.5 Å². The Morgan fingerprint density at radius 2 is 2.25 bits per heavy atom. The van der Waals surface area contributed by atoms with Crippen LogP contribution in [0, 0.1) is 6.92 Å². The largest absolute Gasteiger partial charge is 0.306 e. The highest BCUT2D eigenvalue weighted by atomic mass is 79.9. The molecule has 16 heavy (non-hydrogen) atoms. The lowest BCUT2D eigenvalue weighted by atomic mass is 10.1. The molecule has 0 spiro atoms. The third-order valence-corrected chi connectivity index (χ3v) is 3.20. The number of rotatable bonds is 4. The van der Waals surface area contributed by atoms with Gasteiger partial charge in [-0.05, 0) is 24.1 Å². The van der Waals surface area contributed by atoms with Gasteiger partial charge in [0.05, 0.1) is 6.54 Å². The molecule has 2 N–H and O–H groups in total. The van der Waals surface area contributed by atoms with Crippen molar-refractivity contribution >= 4 is 15.9 Å². The Hall–Kier alpha value is -1.20. The molecule has 1 aromatic heterocycles. The highest BCUT2D eigenvalue weighted by Crippen LogP contribution is 2.16. The van der Waals surface area contributed by atoms with E-state index < -0.39 is 0 Å². The second-order valence-corrected chi connectivity index (χ2v) is 4.47. The van der Waals surface area contributed by atoms with Crippen LogP contribution in [0.4, 0.5) is 0 Å². The summed E-state index contributed by atoms with van der Waals surface area (Å²) < 4.78 is 1.14. The Labute approximate surface area is 103 Å². The van der Waals surface area contributed by atoms with Crippen molar-refractivity contribution in [1.82, 2.24) is 20.5 Å². The number of nitrogens with zero attached hydrogens (tertiary/aromatic N) is 2. The second-order valence-electron chi connectivity index (χ2n) is 3.62. The first-order valence-corrected chi connectivity index (χ1v) is 5.85. The predicted molar refractivity (Wildman–Crippen MR) is 65.8 cm³/mol. The van der Waals surface area contributed by atoms with E-state index >= 15 is 0 Å². The molecule has 4 nitrogen and oxygen atoms in total. The number of halogens is 1. The van der Waals surface area contributed by atoms with Gasteiger partial charge in [0.1, 0.15) is 12.2 Å². The molecule has 0 bridgehead atoms. The van der Waals surface area contributed by atoms with Crippen LogP contribution in [0.2, 0.25) is 0 Å². The molecular weight excluding hydrogens is 268 g/mol. The molecular formula is C11H13BrN4. The van der Waals surface area contributed by atoms with E-state index in [0.717, 1.165) is 16.8 Å². The van der Waals surface area contributed by atoms with Crippen LogP contribution < -0.4 is 5.32 Å². The molecule has 0 aliphatic rings. The molecule has 0 aliphatic carbocycles. The molecule has 2 aromatic rings. The summed E-state index contributed by atoms with van der Waals surface area (Å²) in [6, 6.07) is 6.34. The van der Waals surface area contributed by atoms with Crippen molar-refractivity contribution in [2.45, 2.75) is 20.0 Å². The summed E-state index contributed by atoms with van der Waals surface area (Å²) in [6.45, 7) is 3.62. The normalized spacial score (nSPS) is 10.6. The molecule has 0 saturated carbocycles. The first kappa shape index (κ1) is 11.3. The SMILES string of the molecule is Cc1cc(CNCc2ncn[nH]2)ccc1Br. The number of aromatic nitrogens is 3. The zero-order chi connectivity index (χ0) is 11.4. The van der Waals surface area contributed by atoms with Crippen LogP contribution in [-0.2, 0) is 13.1 Å². The zero-order valence-electron chi connectivity index (χ0n) is 9.00. The molecule has 0 saturated heterocycles. The molecule has 0 aliphatic heterocycles. The number of nitrogens with one attached hydrogen (secondary N) is 2. The van der Waals surface area contributed by atoms with Crippen LogP contribution in [0.5, 0.6) is 0 Å². The Morgan fingerprint density at radius 3 is 2.94 bits per heavy atom. The Morgan fingerprint density at radius 1 is 1.38 bits per heavy atom. The Kier molecular flexibility index (Phi) is 3.69. The molecule has 0 atom stereocenters. The molecule has 1 heterocycles. The maximum atomic E-state index is 4.04. The van der Waals surface area contributed by atoms with E-state index in [-0.39, 0.29) is 0 Å². The van der Waals surface area contributed by atoms with Gasteiger partial charge < -0.3 is 5.32 Å². The molecule has 0 radical (unpaired) electrons. The topological polar surface area (TPSA) is 53.6 Å². The number of hydrogen-bond acceptors (Lipinski definition) is 3. The summed E-state index contributed by atoms with van der Waals surface area (Å²) in [4.78, 5) is 4.04. The summed E-state index contributed by atoms with van der Waals surface area (Å²) in [5.74, 6) is 0.855. The second kappa shape index (κ2) is 5.23. The first-order valence-electron chi connectivity index (χ1n) is 5.05. The number of H-pyrrole nitrogens is 1. The Balaban J connectivity index is 1.87. The lowest BCUT2D eigenvalue weighted by Crippen LogP contribution is -2.13. The minimum Gasteiger partial charge on any atom is -0.306 e. The van der Waals surface area contributed by atoms with E-state index in [1.54, 1.807) is 0 Å². The fourth-order valence-corrected chi connectivity index (χ4v) is 1.70. The summed E-state index contributed by atoms with van der Waals surface area (Å²) in [5, 5.41) is 9.91. The summed E-state index contributed by atoms with van der Waals surface area (Å²) in [7, 11) is 0. The molecule has 0 unspecified atom stereocenters. The van der Waals surface area contributed by atoms with Crippen LogP contribution in [0.15, 0.2) is 29.0 Å². The maximum Gasteiger partial charge on any atom is 0.138 e. The lowest BCUT2D eigenvalue weighted by Gasteiger charge is -2.05. The number of aryl methyl sites for hydroxylation is 1. The maximum absolute atomic E-state index is 4.04. The van der Waals surface area contributed by atoms with Crippen molar-refractivity contribution < 1.29 is 0 Å². The van der Waals surface area contributed by atoms with Crippen molar-refractivity contribution in [2.24, 2.45) is 0 Å². The van der Waals surface area contributed by atoms with Gasteiger partial charge in [0.2, 0.25) is 0 Å². The minimum absolute atomic E-state index is 0.703. The van der Waals surface area contributed by atoms with Gasteiger partial charge in [0.25, 0.3) is 0 Å². The van der Waals surface area contributed by atoms with Gasteiger partial charge in [-0.1, -0.05) is 28.1 Å². The Bertz CT molecular complexity index is 453. The van der Waals surface area contributed by atoms with E-state index in [9.17, 15) is 0 Å². The number of benzene rings is 1. The monoisotopic (exact) mass is 280 g/mol.